The van der Waals surface area contributed by atoms with E-state index >= 15 is 0 Å². The predicted octanol–water partition coefficient (Wildman–Crippen LogP) is 11.5. The first-order valence-corrected chi connectivity index (χ1v) is 18.2. The van der Waals surface area contributed by atoms with Gasteiger partial charge in [-0.1, -0.05) is 160 Å². The third kappa shape index (κ3) is 5.65. The van der Waals surface area contributed by atoms with E-state index in [4.69, 9.17) is 15.7 Å². The summed E-state index contributed by atoms with van der Waals surface area (Å²) in [4.78, 5) is 0. The van der Waals surface area contributed by atoms with Gasteiger partial charge in [-0.25, -0.2) is 0 Å². The summed E-state index contributed by atoms with van der Waals surface area (Å²) < 4.78 is 0. The number of hydrogen-bond acceptors (Lipinski definition) is 0. The van der Waals surface area contributed by atoms with Gasteiger partial charge in [0, 0.05) is 45.9 Å². The quantitative estimate of drug-likeness (QED) is 0.0898. The lowest BCUT2D eigenvalue weighted by atomic mass is 9.57. The van der Waals surface area contributed by atoms with Gasteiger partial charge in [-0.3, -0.25) is 0 Å². The first-order chi connectivity index (χ1) is 24.3. The summed E-state index contributed by atoms with van der Waals surface area (Å²) in [6.07, 6.45) is 13.4. The van der Waals surface area contributed by atoms with Crippen molar-refractivity contribution in [2.75, 3.05) is 0 Å². The average Bonchev–Trinajstić information content (AvgIpc) is 3.14. The van der Waals surface area contributed by atoms with Gasteiger partial charge < -0.3 is 0 Å². The number of fused-ring (bicyclic) bond motifs is 4. The van der Waals surface area contributed by atoms with Crippen LogP contribution in [0.4, 0.5) is 0 Å². The van der Waals surface area contributed by atoms with Crippen LogP contribution in [0.5, 0.6) is 0 Å². The molecular formula is C48H46B2. The number of benzene rings is 4. The highest BCUT2D eigenvalue weighted by Crippen LogP contribution is 2.59. The molecule has 50 heavy (non-hydrogen) atoms. The second kappa shape index (κ2) is 14.7. The fourth-order valence-corrected chi connectivity index (χ4v) is 9.12. The maximum atomic E-state index is 6.65. The molecule has 2 heteroatoms. The van der Waals surface area contributed by atoms with Crippen LogP contribution in [0.15, 0.2) is 107 Å². The summed E-state index contributed by atoms with van der Waals surface area (Å²) in [5.74, 6) is 15.2. The molecule has 2 aliphatic carbocycles. The van der Waals surface area contributed by atoms with E-state index in [1.54, 1.807) is 0 Å². The number of hydrogen-bond donors (Lipinski definition) is 0. The van der Waals surface area contributed by atoms with E-state index in [9.17, 15) is 0 Å². The zero-order valence-electron chi connectivity index (χ0n) is 31.0. The smallest absolute Gasteiger partial charge is 0.0717 e. The first-order valence-electron chi connectivity index (χ1n) is 18.2. The molecule has 0 fully saturated rings. The summed E-state index contributed by atoms with van der Waals surface area (Å²) in [7, 11) is 13.3. The van der Waals surface area contributed by atoms with Crippen molar-refractivity contribution in [2.24, 2.45) is 0 Å². The topological polar surface area (TPSA) is 0 Å². The lowest BCUT2D eigenvalue weighted by Gasteiger charge is -2.46. The summed E-state index contributed by atoms with van der Waals surface area (Å²) in [5, 5.41) is 4.78. The number of rotatable bonds is 4. The molecule has 0 spiro atoms. The minimum atomic E-state index is 0.127. The van der Waals surface area contributed by atoms with Crippen LogP contribution in [0.25, 0.3) is 21.5 Å². The van der Waals surface area contributed by atoms with Crippen LogP contribution in [0.3, 0.4) is 0 Å². The molecule has 0 amide bonds. The van der Waals surface area contributed by atoms with E-state index in [-0.39, 0.29) is 23.7 Å². The van der Waals surface area contributed by atoms with Crippen molar-refractivity contribution in [3.63, 3.8) is 0 Å². The molecule has 0 aromatic heterocycles. The van der Waals surface area contributed by atoms with E-state index in [0.717, 1.165) is 33.0 Å². The van der Waals surface area contributed by atoms with Gasteiger partial charge in [-0.2, -0.15) is 0 Å². The molecule has 4 aromatic carbocycles. The molecule has 2 aliphatic rings. The normalized spacial score (nSPS) is 20.4. The third-order valence-corrected chi connectivity index (χ3v) is 11.1. The van der Waals surface area contributed by atoms with Crippen LogP contribution in [-0.4, -0.2) is 15.7 Å². The molecule has 6 rings (SSSR count). The van der Waals surface area contributed by atoms with Crippen LogP contribution in [0.1, 0.15) is 124 Å². The Bertz CT molecular complexity index is 2140. The van der Waals surface area contributed by atoms with Crippen LogP contribution in [0.2, 0.25) is 0 Å². The monoisotopic (exact) mass is 644 g/mol. The Kier molecular flexibility index (Phi) is 10.3. The lowest BCUT2D eigenvalue weighted by Crippen LogP contribution is -2.30. The van der Waals surface area contributed by atoms with Crippen molar-refractivity contribution in [1.29, 1.82) is 0 Å². The van der Waals surface area contributed by atoms with Crippen molar-refractivity contribution < 1.29 is 0 Å². The van der Waals surface area contributed by atoms with Gasteiger partial charge in [-0.15, -0.1) is 0 Å². The van der Waals surface area contributed by atoms with Crippen molar-refractivity contribution in [1.82, 2.24) is 0 Å². The minimum absolute atomic E-state index is 0.127. The van der Waals surface area contributed by atoms with Crippen LogP contribution in [-0.2, 0) is 12.6 Å². The molecular weight excluding hydrogens is 598 g/mol. The van der Waals surface area contributed by atoms with E-state index < -0.39 is 0 Å². The molecule has 0 aliphatic heterocycles. The Hall–Kier alpha value is -4.65. The maximum Gasteiger partial charge on any atom is 0.0717 e. The van der Waals surface area contributed by atoms with Gasteiger partial charge in [0.15, 0.2) is 0 Å². The fraction of sp³-hybridized carbons (Fsp3) is 0.292. The van der Waals surface area contributed by atoms with Gasteiger partial charge in [0.05, 0.1) is 15.7 Å². The van der Waals surface area contributed by atoms with Gasteiger partial charge in [0.1, 0.15) is 0 Å². The largest absolute Gasteiger partial charge is 0.0864 e. The first kappa shape index (κ1) is 35.2. The average molecular weight is 645 g/mol. The van der Waals surface area contributed by atoms with Crippen molar-refractivity contribution in [3.8, 4) is 23.7 Å². The predicted molar refractivity (Wildman–Crippen MR) is 218 cm³/mol. The Morgan fingerprint density at radius 2 is 0.880 bits per heavy atom. The van der Waals surface area contributed by atoms with Gasteiger partial charge in [-0.05, 0) is 82.6 Å². The summed E-state index contributed by atoms with van der Waals surface area (Å²) in [5.41, 5.74) is 15.1. The van der Waals surface area contributed by atoms with Crippen molar-refractivity contribution in [2.45, 2.75) is 91.7 Å². The standard InChI is InChI=1S/C48H46B2/c1-9-17-33(11-3)23-25-39-35-19-13-14-20-36(35)40(26-24-34(12-4)18-10-2)46-30(6)44-32(8)48-42(28-50)38-22-16-15-21-37(38)41(27-49)47(48)31(7)43(44)29(5)45(39)46/h9-22,29-32H,27-28H2,1-8H3/b17-9-,18-10-,33-11+,34-12+. The van der Waals surface area contributed by atoms with Crippen LogP contribution >= 0.6 is 0 Å². The van der Waals surface area contributed by atoms with Crippen LogP contribution in [0, 0.1) is 23.7 Å². The van der Waals surface area contributed by atoms with Gasteiger partial charge >= 0.3 is 0 Å². The maximum absolute atomic E-state index is 6.65. The van der Waals surface area contributed by atoms with Crippen molar-refractivity contribution >= 4 is 37.2 Å². The second-order valence-electron chi connectivity index (χ2n) is 13.6. The van der Waals surface area contributed by atoms with E-state index in [0.29, 0.717) is 12.6 Å². The Morgan fingerprint density at radius 3 is 1.20 bits per heavy atom. The Balaban J connectivity index is 1.73. The van der Waals surface area contributed by atoms with E-state index in [1.165, 1.54) is 55.3 Å². The zero-order chi connectivity index (χ0) is 35.7. The molecule has 4 unspecified atom stereocenters. The highest BCUT2D eigenvalue weighted by molar-refractivity contribution is 6.13. The molecule has 4 atom stereocenters. The molecule has 4 aromatic rings. The van der Waals surface area contributed by atoms with Crippen molar-refractivity contribution in [3.05, 3.63) is 152 Å². The molecule has 0 heterocycles. The van der Waals surface area contributed by atoms with Gasteiger partial charge in [0.25, 0.3) is 0 Å². The SMILES string of the molecule is [B]Cc1c2c(c(C[B])c3ccccc13)C(C)C1=C(C(C)c3c(c(C#CC(/C=C\C)=C/C)c4ccccc4c3C#CC(/C=C\C)=C/C)C1C)C2C. The molecule has 0 saturated carbocycles. The molecule has 0 saturated heterocycles. The van der Waals surface area contributed by atoms with E-state index in [2.05, 4.69) is 150 Å². The summed E-state index contributed by atoms with van der Waals surface area (Å²) in [6, 6.07) is 17.4. The van der Waals surface area contributed by atoms with E-state index in [1.807, 2.05) is 13.8 Å². The fourth-order valence-electron chi connectivity index (χ4n) is 9.12. The highest BCUT2D eigenvalue weighted by Gasteiger charge is 2.43. The molecule has 4 radical (unpaired) electrons. The third-order valence-electron chi connectivity index (χ3n) is 11.1. The molecule has 244 valence electrons. The Morgan fingerprint density at radius 1 is 0.540 bits per heavy atom. The number of allylic oxidation sites excluding steroid dienone is 10. The van der Waals surface area contributed by atoms with Gasteiger partial charge in [0.2, 0.25) is 0 Å². The molecule has 0 N–H and O–H groups in total. The summed E-state index contributed by atoms with van der Waals surface area (Å²) >= 11 is 0. The highest BCUT2D eigenvalue weighted by atomic mass is 14.5. The van der Waals surface area contributed by atoms with Crippen LogP contribution < -0.4 is 0 Å². The summed E-state index contributed by atoms with van der Waals surface area (Å²) in [6.45, 7) is 17.8. The zero-order valence-corrected chi connectivity index (χ0v) is 31.0. The minimum Gasteiger partial charge on any atom is -0.0864 e. The second-order valence-corrected chi connectivity index (χ2v) is 13.6. The lowest BCUT2D eigenvalue weighted by molar-refractivity contribution is 0.597. The molecule has 0 nitrogen and oxygen atoms in total. The Labute approximate surface area is 303 Å². The molecule has 0 bridgehead atoms.